The van der Waals surface area contributed by atoms with Gasteiger partial charge in [-0.2, -0.15) is 5.10 Å². The third kappa shape index (κ3) is 6.15. The summed E-state index contributed by atoms with van der Waals surface area (Å²) in [4.78, 5) is 15.1. The molecule has 1 saturated heterocycles. The number of hydrogen-bond donors (Lipinski definition) is 3. The second-order valence-electron chi connectivity index (χ2n) is 7.02. The maximum absolute atomic E-state index is 12.2. The van der Waals surface area contributed by atoms with Crippen molar-refractivity contribution in [1.82, 2.24) is 5.43 Å². The normalized spacial score (nSPS) is 19.5. The Bertz CT molecular complexity index is 805. The molecule has 3 N–H and O–H groups in total. The third-order valence-electron chi connectivity index (χ3n) is 4.96. The van der Waals surface area contributed by atoms with Crippen molar-refractivity contribution in [2.45, 2.75) is 6.54 Å². The highest BCUT2D eigenvalue weighted by Gasteiger charge is 2.24. The summed E-state index contributed by atoms with van der Waals surface area (Å²) in [7, 11) is 1.61. The highest BCUT2D eigenvalue weighted by molar-refractivity contribution is 9.10. The molecule has 148 valence electrons. The first kappa shape index (κ1) is 20.5. The fourth-order valence-electron chi connectivity index (χ4n) is 3.44. The highest BCUT2D eigenvalue weighted by atomic mass is 79.9. The van der Waals surface area contributed by atoms with Crippen molar-refractivity contribution in [3.63, 3.8) is 0 Å². The molecule has 0 unspecified atom stereocenters. The van der Waals surface area contributed by atoms with E-state index in [4.69, 9.17) is 4.74 Å². The van der Waals surface area contributed by atoms with Crippen molar-refractivity contribution >= 4 is 28.1 Å². The number of hydrogen-bond acceptors (Lipinski definition) is 3. The fraction of sp³-hybridized carbons (Fsp3) is 0.333. The van der Waals surface area contributed by atoms with E-state index in [0.29, 0.717) is 12.3 Å². The molecule has 1 aliphatic rings. The molecule has 1 heterocycles. The fourth-order valence-corrected chi connectivity index (χ4v) is 3.82. The van der Waals surface area contributed by atoms with Gasteiger partial charge in [0.25, 0.3) is 5.91 Å². The molecule has 3 rings (SSSR count). The average Bonchev–Trinajstić information content (AvgIpc) is 2.70. The Kier molecular flexibility index (Phi) is 7.59. The SMILES string of the molecule is COc1ccc(Br)cc1C=NNC(=O)C[NH+]1CC[NH+](Cc2ccccc2)CC1. The van der Waals surface area contributed by atoms with Crippen molar-refractivity contribution in [3.8, 4) is 5.75 Å². The summed E-state index contributed by atoms with van der Waals surface area (Å²) >= 11 is 3.43. The van der Waals surface area contributed by atoms with Crippen LogP contribution in [0.2, 0.25) is 0 Å². The Morgan fingerprint density at radius 1 is 1.14 bits per heavy atom. The molecule has 0 saturated carbocycles. The van der Waals surface area contributed by atoms with E-state index in [1.54, 1.807) is 18.2 Å². The topological polar surface area (TPSA) is 59.6 Å². The van der Waals surface area contributed by atoms with Gasteiger partial charge in [-0.1, -0.05) is 46.3 Å². The largest absolute Gasteiger partial charge is 0.496 e. The Hall–Kier alpha value is -2.22. The number of halogens is 1. The zero-order valence-corrected chi connectivity index (χ0v) is 17.7. The van der Waals surface area contributed by atoms with Crippen molar-refractivity contribution < 1.29 is 19.3 Å². The van der Waals surface area contributed by atoms with E-state index in [9.17, 15) is 4.79 Å². The van der Waals surface area contributed by atoms with Gasteiger partial charge in [-0.15, -0.1) is 0 Å². The second-order valence-corrected chi connectivity index (χ2v) is 7.93. The minimum Gasteiger partial charge on any atom is -0.496 e. The Morgan fingerprint density at radius 2 is 1.86 bits per heavy atom. The van der Waals surface area contributed by atoms with Gasteiger partial charge in [0, 0.05) is 15.6 Å². The number of benzene rings is 2. The molecular weight excluding hydrogens is 420 g/mol. The number of nitrogens with zero attached hydrogens (tertiary/aromatic N) is 1. The number of ether oxygens (including phenoxy) is 1. The van der Waals surface area contributed by atoms with Crippen LogP contribution in [0.4, 0.5) is 0 Å². The number of nitrogens with one attached hydrogen (secondary N) is 3. The Labute approximate surface area is 174 Å². The molecule has 0 aliphatic carbocycles. The minimum atomic E-state index is -0.0632. The molecule has 6 nitrogen and oxygen atoms in total. The van der Waals surface area contributed by atoms with Crippen LogP contribution in [0.5, 0.6) is 5.75 Å². The maximum Gasteiger partial charge on any atom is 0.295 e. The molecule has 1 aliphatic heterocycles. The first-order chi connectivity index (χ1) is 13.6. The number of piperazine rings is 1. The molecule has 28 heavy (non-hydrogen) atoms. The number of carbonyl (C=O) groups is 1. The monoisotopic (exact) mass is 446 g/mol. The number of methoxy groups -OCH3 is 1. The average molecular weight is 447 g/mol. The summed E-state index contributed by atoms with van der Waals surface area (Å²) in [5.74, 6) is 0.649. The molecule has 7 heteroatoms. The van der Waals surface area contributed by atoms with Crippen LogP contribution in [0.15, 0.2) is 58.1 Å². The van der Waals surface area contributed by atoms with Gasteiger partial charge in [0.1, 0.15) is 38.5 Å². The smallest absolute Gasteiger partial charge is 0.295 e. The van der Waals surface area contributed by atoms with Gasteiger partial charge in [0.15, 0.2) is 6.54 Å². The molecule has 0 radical (unpaired) electrons. The van der Waals surface area contributed by atoms with Gasteiger partial charge in [-0.05, 0) is 18.2 Å². The van der Waals surface area contributed by atoms with Crippen molar-refractivity contribution in [2.24, 2.45) is 5.10 Å². The molecule has 1 fully saturated rings. The number of carbonyl (C=O) groups excluding carboxylic acids is 1. The van der Waals surface area contributed by atoms with Crippen LogP contribution in [0, 0.1) is 0 Å². The summed E-state index contributed by atoms with van der Waals surface area (Å²) in [6, 6.07) is 16.2. The predicted molar refractivity (Wildman–Crippen MR) is 113 cm³/mol. The van der Waals surface area contributed by atoms with Gasteiger partial charge in [-0.3, -0.25) is 4.79 Å². The van der Waals surface area contributed by atoms with Gasteiger partial charge in [0.05, 0.1) is 13.3 Å². The number of rotatable bonds is 7. The lowest BCUT2D eigenvalue weighted by molar-refractivity contribution is -1.02. The quantitative estimate of drug-likeness (QED) is 0.410. The van der Waals surface area contributed by atoms with Crippen LogP contribution in [0.25, 0.3) is 0 Å². The van der Waals surface area contributed by atoms with Gasteiger partial charge < -0.3 is 14.5 Å². The molecule has 2 aromatic rings. The lowest BCUT2D eigenvalue weighted by Crippen LogP contribution is -3.28. The lowest BCUT2D eigenvalue weighted by atomic mass is 10.2. The van der Waals surface area contributed by atoms with Crippen molar-refractivity contribution in [1.29, 1.82) is 0 Å². The van der Waals surface area contributed by atoms with Crippen LogP contribution in [0.1, 0.15) is 11.1 Å². The molecule has 0 aromatic heterocycles. The standard InChI is InChI=1S/C21H25BrN4O2/c1-28-20-8-7-19(22)13-18(20)14-23-24-21(27)16-26-11-9-25(10-12-26)15-17-5-3-2-4-6-17/h2-8,13-14H,9-12,15-16H2,1H3,(H,24,27)/p+2. The third-order valence-corrected chi connectivity index (χ3v) is 5.45. The predicted octanol–water partition coefficient (Wildman–Crippen LogP) is -0.109. The summed E-state index contributed by atoms with van der Waals surface area (Å²) < 4.78 is 6.23. The van der Waals surface area contributed by atoms with E-state index in [1.165, 1.54) is 10.5 Å². The number of quaternary nitrogens is 2. The molecule has 0 spiro atoms. The summed E-state index contributed by atoms with van der Waals surface area (Å²) in [6.07, 6.45) is 1.61. The Morgan fingerprint density at radius 3 is 2.57 bits per heavy atom. The van der Waals surface area contributed by atoms with Gasteiger partial charge in [0.2, 0.25) is 0 Å². The maximum atomic E-state index is 12.2. The van der Waals surface area contributed by atoms with Crippen LogP contribution in [0.3, 0.4) is 0 Å². The first-order valence-electron chi connectivity index (χ1n) is 9.50. The van der Waals surface area contributed by atoms with Crippen LogP contribution in [-0.2, 0) is 11.3 Å². The molecular formula is C21H27BrN4O2+2. The second kappa shape index (κ2) is 10.4. The number of amides is 1. The van der Waals surface area contributed by atoms with Crippen molar-refractivity contribution in [2.75, 3.05) is 39.8 Å². The molecule has 0 bridgehead atoms. The summed E-state index contributed by atoms with van der Waals surface area (Å²) in [5, 5.41) is 4.08. The first-order valence-corrected chi connectivity index (χ1v) is 10.3. The van der Waals surface area contributed by atoms with E-state index >= 15 is 0 Å². The van der Waals surface area contributed by atoms with Gasteiger partial charge in [-0.25, -0.2) is 5.43 Å². The zero-order chi connectivity index (χ0) is 19.8. The van der Waals surface area contributed by atoms with Crippen LogP contribution < -0.4 is 20.0 Å². The lowest BCUT2D eigenvalue weighted by Gasteiger charge is -2.29. The molecule has 2 aromatic carbocycles. The van der Waals surface area contributed by atoms with Gasteiger partial charge >= 0.3 is 0 Å². The van der Waals surface area contributed by atoms with Crippen molar-refractivity contribution in [3.05, 3.63) is 64.1 Å². The molecule has 1 amide bonds. The molecule has 0 atom stereocenters. The van der Waals surface area contributed by atoms with Crippen LogP contribution >= 0.6 is 15.9 Å². The Balaban J connectivity index is 1.42. The zero-order valence-electron chi connectivity index (χ0n) is 16.1. The van der Waals surface area contributed by atoms with E-state index < -0.39 is 0 Å². The van der Waals surface area contributed by atoms with E-state index in [0.717, 1.165) is 42.8 Å². The van der Waals surface area contributed by atoms with Crippen LogP contribution in [-0.4, -0.2) is 52.0 Å². The van der Waals surface area contributed by atoms with E-state index in [-0.39, 0.29) is 5.91 Å². The minimum absolute atomic E-state index is 0.0632. The number of hydrazone groups is 1. The van der Waals surface area contributed by atoms with E-state index in [2.05, 4.69) is 56.8 Å². The summed E-state index contributed by atoms with van der Waals surface area (Å²) in [6.45, 7) is 5.66. The highest BCUT2D eigenvalue weighted by Crippen LogP contribution is 2.21. The van der Waals surface area contributed by atoms with E-state index in [1.807, 2.05) is 18.2 Å². The summed E-state index contributed by atoms with van der Waals surface area (Å²) in [5.41, 5.74) is 4.81.